The summed E-state index contributed by atoms with van der Waals surface area (Å²) in [6.07, 6.45) is 5.55. The number of aryl methyl sites for hydroxylation is 1. The normalized spacial score (nSPS) is 13.1. The molecule has 0 bridgehead atoms. The summed E-state index contributed by atoms with van der Waals surface area (Å²) in [7, 11) is 0. The molecule has 1 aliphatic carbocycles. The highest BCUT2D eigenvalue weighted by molar-refractivity contribution is 9.10. The molecule has 16 heavy (non-hydrogen) atoms. The molecule has 0 N–H and O–H groups in total. The van der Waals surface area contributed by atoms with Crippen LogP contribution in [0.4, 0.5) is 0 Å². The molecule has 1 aromatic carbocycles. The summed E-state index contributed by atoms with van der Waals surface area (Å²) >= 11 is 5.53. The molecule has 1 aliphatic rings. The highest BCUT2D eigenvalue weighted by atomic mass is 79.9. The van der Waals surface area contributed by atoms with E-state index in [-0.39, 0.29) is 0 Å². The van der Waals surface area contributed by atoms with Crippen molar-refractivity contribution in [3.8, 4) is 10.4 Å². The highest BCUT2D eigenvalue weighted by Crippen LogP contribution is 2.40. The summed E-state index contributed by atoms with van der Waals surface area (Å²) in [5.74, 6) is 0. The summed E-state index contributed by atoms with van der Waals surface area (Å²) in [5, 5.41) is 0. The molecule has 0 atom stereocenters. The predicted molar refractivity (Wildman–Crippen MR) is 74.9 cm³/mol. The summed E-state index contributed by atoms with van der Waals surface area (Å²) in [6.45, 7) is 2.15. The smallest absolute Gasteiger partial charge is 0.0363 e. The second-order valence-corrected chi connectivity index (χ2v) is 6.15. The molecule has 80 valence electrons. The molecule has 2 aromatic rings. The minimum atomic E-state index is 1.07. The molecule has 1 heterocycles. The van der Waals surface area contributed by atoms with Crippen LogP contribution in [0.15, 0.2) is 34.8 Å². The fourth-order valence-corrected chi connectivity index (χ4v) is 3.76. The quantitative estimate of drug-likeness (QED) is 0.689. The second-order valence-electron chi connectivity index (χ2n) is 4.01. The van der Waals surface area contributed by atoms with Gasteiger partial charge in [0.2, 0.25) is 0 Å². The lowest BCUT2D eigenvalue weighted by Gasteiger charge is -2.08. The van der Waals surface area contributed by atoms with Crippen molar-refractivity contribution in [2.24, 2.45) is 0 Å². The predicted octanol–water partition coefficient (Wildman–Crippen LogP) is 5.06. The van der Waals surface area contributed by atoms with E-state index < -0.39 is 0 Å². The van der Waals surface area contributed by atoms with E-state index in [2.05, 4.69) is 59.3 Å². The summed E-state index contributed by atoms with van der Waals surface area (Å²) in [4.78, 5) is 2.72. The molecule has 0 nitrogen and oxygen atoms in total. The van der Waals surface area contributed by atoms with E-state index in [1.165, 1.54) is 30.9 Å². The molecule has 0 spiro atoms. The van der Waals surface area contributed by atoms with Gasteiger partial charge in [-0.25, -0.2) is 0 Å². The summed E-state index contributed by atoms with van der Waals surface area (Å²) < 4.78 is 1.19. The third kappa shape index (κ3) is 1.57. The molecule has 0 saturated carbocycles. The van der Waals surface area contributed by atoms with Crippen molar-refractivity contribution < 1.29 is 0 Å². The number of benzene rings is 1. The Kier molecular flexibility index (Phi) is 2.49. The lowest BCUT2D eigenvalue weighted by molar-refractivity contribution is 1.31. The monoisotopic (exact) mass is 290 g/mol. The van der Waals surface area contributed by atoms with Crippen LogP contribution in [0, 0.1) is 6.92 Å². The van der Waals surface area contributed by atoms with Gasteiger partial charge in [0, 0.05) is 19.8 Å². The molecule has 0 unspecified atom stereocenters. The number of hydrogen-bond donors (Lipinski definition) is 0. The molecule has 0 aliphatic heterocycles. The molecule has 1 aromatic heterocycles. The molecular formula is C14H11BrS. The fourth-order valence-electron chi connectivity index (χ4n) is 2.13. The third-order valence-electron chi connectivity index (χ3n) is 2.89. The number of fused-ring (bicyclic) bond motifs is 1. The number of halogens is 1. The van der Waals surface area contributed by atoms with E-state index in [1.54, 1.807) is 0 Å². The Hall–Kier alpha value is -0.860. The van der Waals surface area contributed by atoms with Crippen molar-refractivity contribution in [3.05, 3.63) is 50.8 Å². The van der Waals surface area contributed by atoms with E-state index in [4.69, 9.17) is 0 Å². The van der Waals surface area contributed by atoms with E-state index in [1.807, 2.05) is 11.3 Å². The van der Waals surface area contributed by atoms with Crippen LogP contribution in [0.3, 0.4) is 0 Å². The van der Waals surface area contributed by atoms with E-state index in [0.717, 1.165) is 6.42 Å². The van der Waals surface area contributed by atoms with Gasteiger partial charge in [-0.15, -0.1) is 11.3 Å². The first kappa shape index (κ1) is 10.3. The molecule has 0 amide bonds. The van der Waals surface area contributed by atoms with Crippen molar-refractivity contribution in [1.29, 1.82) is 0 Å². The van der Waals surface area contributed by atoms with Gasteiger partial charge in [-0.2, -0.15) is 0 Å². The molecule has 0 saturated heterocycles. The minimum absolute atomic E-state index is 1.07. The van der Waals surface area contributed by atoms with Crippen LogP contribution < -0.4 is 0 Å². The van der Waals surface area contributed by atoms with Crippen molar-refractivity contribution in [2.75, 3.05) is 0 Å². The van der Waals surface area contributed by atoms with Crippen molar-refractivity contribution in [1.82, 2.24) is 0 Å². The van der Waals surface area contributed by atoms with Gasteiger partial charge in [-0.1, -0.05) is 34.1 Å². The number of hydrogen-bond acceptors (Lipinski definition) is 1. The maximum atomic E-state index is 3.67. The van der Waals surface area contributed by atoms with Crippen LogP contribution in [0.2, 0.25) is 0 Å². The topological polar surface area (TPSA) is 0 Å². The zero-order valence-corrected chi connectivity index (χ0v) is 11.4. The van der Waals surface area contributed by atoms with Crippen LogP contribution in [-0.4, -0.2) is 0 Å². The van der Waals surface area contributed by atoms with Crippen molar-refractivity contribution >= 4 is 33.3 Å². The van der Waals surface area contributed by atoms with Gasteiger partial charge < -0.3 is 0 Å². The average molecular weight is 291 g/mol. The maximum Gasteiger partial charge on any atom is 0.0363 e. The van der Waals surface area contributed by atoms with E-state index in [0.29, 0.717) is 0 Å². The largest absolute Gasteiger partial charge is 0.141 e. The van der Waals surface area contributed by atoms with Crippen molar-refractivity contribution in [3.63, 3.8) is 0 Å². The third-order valence-corrected chi connectivity index (χ3v) is 4.57. The summed E-state index contributed by atoms with van der Waals surface area (Å²) in [5.41, 5.74) is 4.17. The molecule has 0 radical (unpaired) electrons. The average Bonchev–Trinajstić information content (AvgIpc) is 2.86. The van der Waals surface area contributed by atoms with Crippen LogP contribution in [0.25, 0.3) is 16.5 Å². The van der Waals surface area contributed by atoms with Gasteiger partial charge in [0.1, 0.15) is 0 Å². The lowest BCUT2D eigenvalue weighted by atomic mass is 10.0. The molecule has 2 heteroatoms. The standard InChI is InChI=1S/C14H11BrS/c1-9-5-8-13(16-9)14-11-4-2-3-10(11)6-7-12(14)15/h2,4-8H,3H2,1H3. The number of allylic oxidation sites excluding steroid dienone is 1. The van der Waals surface area contributed by atoms with Crippen LogP contribution >= 0.6 is 27.3 Å². The Morgan fingerprint density at radius 3 is 2.81 bits per heavy atom. The first-order chi connectivity index (χ1) is 7.75. The van der Waals surface area contributed by atoms with Gasteiger partial charge in [-0.05, 0) is 42.7 Å². The van der Waals surface area contributed by atoms with E-state index >= 15 is 0 Å². The zero-order valence-electron chi connectivity index (χ0n) is 8.96. The minimum Gasteiger partial charge on any atom is -0.141 e. The van der Waals surface area contributed by atoms with Crippen LogP contribution in [0.5, 0.6) is 0 Å². The first-order valence-corrected chi connectivity index (χ1v) is 6.91. The molecule has 0 fully saturated rings. The van der Waals surface area contributed by atoms with Crippen LogP contribution in [0.1, 0.15) is 16.0 Å². The Balaban J connectivity index is 2.27. The molecule has 3 rings (SSSR count). The summed E-state index contributed by atoms with van der Waals surface area (Å²) in [6, 6.07) is 8.77. The Bertz CT molecular complexity index is 578. The Morgan fingerprint density at radius 1 is 1.19 bits per heavy atom. The first-order valence-electron chi connectivity index (χ1n) is 5.30. The van der Waals surface area contributed by atoms with Crippen molar-refractivity contribution in [2.45, 2.75) is 13.3 Å². The maximum absolute atomic E-state index is 3.67. The van der Waals surface area contributed by atoms with Gasteiger partial charge in [-0.3, -0.25) is 0 Å². The van der Waals surface area contributed by atoms with Gasteiger partial charge >= 0.3 is 0 Å². The number of thiophene rings is 1. The van der Waals surface area contributed by atoms with Gasteiger partial charge in [0.05, 0.1) is 0 Å². The van der Waals surface area contributed by atoms with Crippen LogP contribution in [-0.2, 0) is 6.42 Å². The second kappa shape index (κ2) is 3.86. The number of rotatable bonds is 1. The lowest BCUT2D eigenvalue weighted by Crippen LogP contribution is -1.86. The fraction of sp³-hybridized carbons (Fsp3) is 0.143. The van der Waals surface area contributed by atoms with E-state index in [9.17, 15) is 0 Å². The highest BCUT2D eigenvalue weighted by Gasteiger charge is 2.15. The molecular weight excluding hydrogens is 280 g/mol. The Morgan fingerprint density at radius 2 is 2.06 bits per heavy atom. The zero-order chi connectivity index (χ0) is 11.1. The van der Waals surface area contributed by atoms with Gasteiger partial charge in [0.15, 0.2) is 0 Å². The van der Waals surface area contributed by atoms with Gasteiger partial charge in [0.25, 0.3) is 0 Å². The SMILES string of the molecule is Cc1ccc(-c2c(Br)ccc3c2C=CC3)s1. The Labute approximate surface area is 108 Å².